The highest BCUT2D eigenvalue weighted by atomic mass is 15.2. The molecule has 106 valence electrons. The van der Waals surface area contributed by atoms with Crippen LogP contribution in [0.5, 0.6) is 0 Å². The quantitative estimate of drug-likeness (QED) is 0.882. The van der Waals surface area contributed by atoms with Crippen molar-refractivity contribution in [2.75, 3.05) is 13.6 Å². The Bertz CT molecular complexity index is 425. The van der Waals surface area contributed by atoms with Crippen molar-refractivity contribution in [2.24, 2.45) is 13.0 Å². The van der Waals surface area contributed by atoms with Crippen LogP contribution in [0.25, 0.3) is 6.08 Å². The van der Waals surface area contributed by atoms with Crippen LogP contribution >= 0.6 is 0 Å². The summed E-state index contributed by atoms with van der Waals surface area (Å²) in [6, 6.07) is 0. The fraction of sp³-hybridized carbons (Fsp3) is 0.688. The van der Waals surface area contributed by atoms with E-state index >= 15 is 0 Å². The Morgan fingerprint density at radius 1 is 1.42 bits per heavy atom. The minimum absolute atomic E-state index is 0.770. The zero-order chi connectivity index (χ0) is 13.7. The van der Waals surface area contributed by atoms with Crippen LogP contribution in [0.1, 0.15) is 50.3 Å². The van der Waals surface area contributed by atoms with Gasteiger partial charge in [-0.15, -0.1) is 0 Å². The second kappa shape index (κ2) is 6.90. The normalized spacial score (nSPS) is 17.9. The summed E-state index contributed by atoms with van der Waals surface area (Å²) >= 11 is 0. The molecule has 0 amide bonds. The van der Waals surface area contributed by atoms with Gasteiger partial charge in [0.15, 0.2) is 0 Å². The van der Waals surface area contributed by atoms with Gasteiger partial charge in [0, 0.05) is 25.4 Å². The Hall–Kier alpha value is -1.09. The Balaban J connectivity index is 2.23. The number of aromatic nitrogens is 2. The summed E-state index contributed by atoms with van der Waals surface area (Å²) in [4.78, 5) is 0. The summed E-state index contributed by atoms with van der Waals surface area (Å²) in [6.45, 7) is 3.18. The minimum Gasteiger partial charge on any atom is -0.316 e. The largest absolute Gasteiger partial charge is 0.316 e. The van der Waals surface area contributed by atoms with Gasteiger partial charge in [-0.3, -0.25) is 4.68 Å². The topological polar surface area (TPSA) is 29.9 Å². The SMILES string of the molecule is CCc1nn(C)cc1/C=C(/CNC)C1CCCCC1. The van der Waals surface area contributed by atoms with E-state index in [1.54, 1.807) is 5.57 Å². The molecule has 0 atom stereocenters. The highest BCUT2D eigenvalue weighted by Gasteiger charge is 2.18. The number of aryl methyl sites for hydroxylation is 2. The lowest BCUT2D eigenvalue weighted by Crippen LogP contribution is -2.19. The Morgan fingerprint density at radius 3 is 2.79 bits per heavy atom. The van der Waals surface area contributed by atoms with E-state index in [4.69, 9.17) is 0 Å². The molecule has 0 radical (unpaired) electrons. The van der Waals surface area contributed by atoms with Gasteiger partial charge in [0.1, 0.15) is 0 Å². The van der Waals surface area contributed by atoms with Crippen molar-refractivity contribution < 1.29 is 0 Å². The lowest BCUT2D eigenvalue weighted by molar-refractivity contribution is 0.398. The Morgan fingerprint density at radius 2 is 2.16 bits per heavy atom. The predicted molar refractivity (Wildman–Crippen MR) is 81.1 cm³/mol. The molecule has 1 fully saturated rings. The van der Waals surface area contributed by atoms with Crippen molar-refractivity contribution in [3.63, 3.8) is 0 Å². The summed E-state index contributed by atoms with van der Waals surface area (Å²) in [7, 11) is 4.05. The summed E-state index contributed by atoms with van der Waals surface area (Å²) in [6.07, 6.45) is 12.4. The molecule has 3 heteroatoms. The van der Waals surface area contributed by atoms with E-state index in [-0.39, 0.29) is 0 Å². The van der Waals surface area contributed by atoms with Gasteiger partial charge in [0.2, 0.25) is 0 Å². The van der Waals surface area contributed by atoms with E-state index in [0.717, 1.165) is 18.9 Å². The van der Waals surface area contributed by atoms with Gasteiger partial charge in [-0.2, -0.15) is 5.10 Å². The lowest BCUT2D eigenvalue weighted by Gasteiger charge is -2.24. The molecule has 19 heavy (non-hydrogen) atoms. The van der Waals surface area contributed by atoms with Crippen molar-refractivity contribution in [1.82, 2.24) is 15.1 Å². The van der Waals surface area contributed by atoms with Crippen LogP contribution < -0.4 is 5.32 Å². The fourth-order valence-electron chi connectivity index (χ4n) is 3.14. The molecule has 2 rings (SSSR count). The standard InChI is InChI=1S/C16H27N3/c1-4-16-15(12-19(3)18-16)10-14(11-17-2)13-8-6-5-7-9-13/h10,12-13,17H,4-9,11H2,1-3H3/b14-10-. The van der Waals surface area contributed by atoms with Gasteiger partial charge >= 0.3 is 0 Å². The molecule has 1 saturated carbocycles. The Labute approximate surface area is 117 Å². The maximum atomic E-state index is 4.54. The van der Waals surface area contributed by atoms with Crippen molar-refractivity contribution in [1.29, 1.82) is 0 Å². The number of rotatable bonds is 5. The second-order valence-corrected chi connectivity index (χ2v) is 5.64. The second-order valence-electron chi connectivity index (χ2n) is 5.64. The van der Waals surface area contributed by atoms with Crippen LogP contribution in [-0.4, -0.2) is 23.4 Å². The van der Waals surface area contributed by atoms with Gasteiger partial charge < -0.3 is 5.32 Å². The molecule has 0 aliphatic heterocycles. The van der Waals surface area contributed by atoms with E-state index in [0.29, 0.717) is 0 Å². The summed E-state index contributed by atoms with van der Waals surface area (Å²) < 4.78 is 1.93. The molecule has 0 spiro atoms. The van der Waals surface area contributed by atoms with E-state index in [9.17, 15) is 0 Å². The van der Waals surface area contributed by atoms with Gasteiger partial charge in [0.25, 0.3) is 0 Å². The van der Waals surface area contributed by atoms with Gasteiger partial charge in [0.05, 0.1) is 5.69 Å². The molecule has 1 aliphatic rings. The zero-order valence-electron chi connectivity index (χ0n) is 12.6. The molecule has 0 saturated heterocycles. The van der Waals surface area contributed by atoms with E-state index in [1.807, 2.05) is 18.8 Å². The smallest absolute Gasteiger partial charge is 0.0694 e. The first-order chi connectivity index (χ1) is 9.24. The van der Waals surface area contributed by atoms with Crippen molar-refractivity contribution in [3.05, 3.63) is 23.0 Å². The lowest BCUT2D eigenvalue weighted by atomic mass is 9.83. The van der Waals surface area contributed by atoms with Crippen LogP contribution in [0, 0.1) is 5.92 Å². The van der Waals surface area contributed by atoms with Crippen LogP contribution in [0.3, 0.4) is 0 Å². The molecule has 1 aliphatic carbocycles. The molecular weight excluding hydrogens is 234 g/mol. The maximum absolute atomic E-state index is 4.54. The summed E-state index contributed by atoms with van der Waals surface area (Å²) in [5.74, 6) is 0.770. The van der Waals surface area contributed by atoms with Gasteiger partial charge in [-0.1, -0.05) is 37.8 Å². The van der Waals surface area contributed by atoms with Gasteiger partial charge in [-0.05, 0) is 32.2 Å². The van der Waals surface area contributed by atoms with Crippen LogP contribution in [-0.2, 0) is 13.5 Å². The number of nitrogens with zero attached hydrogens (tertiary/aromatic N) is 2. The average Bonchev–Trinajstić information content (AvgIpc) is 2.79. The van der Waals surface area contributed by atoms with Crippen LogP contribution in [0.2, 0.25) is 0 Å². The first-order valence-corrected chi connectivity index (χ1v) is 7.62. The molecule has 3 nitrogen and oxygen atoms in total. The number of likely N-dealkylation sites (N-methyl/N-ethyl adjacent to an activating group) is 1. The Kier molecular flexibility index (Phi) is 5.20. The molecular formula is C16H27N3. The molecule has 0 bridgehead atoms. The third kappa shape index (κ3) is 3.69. The summed E-state index contributed by atoms with van der Waals surface area (Å²) in [5.41, 5.74) is 4.08. The van der Waals surface area contributed by atoms with Crippen molar-refractivity contribution in [2.45, 2.75) is 45.4 Å². The minimum atomic E-state index is 0.770. The fourth-order valence-corrected chi connectivity index (χ4v) is 3.14. The highest BCUT2D eigenvalue weighted by Crippen LogP contribution is 2.30. The van der Waals surface area contributed by atoms with E-state index < -0.39 is 0 Å². The van der Waals surface area contributed by atoms with E-state index in [2.05, 4.69) is 29.6 Å². The number of hydrogen-bond donors (Lipinski definition) is 1. The highest BCUT2D eigenvalue weighted by molar-refractivity contribution is 5.55. The van der Waals surface area contributed by atoms with Crippen molar-refractivity contribution in [3.8, 4) is 0 Å². The molecule has 1 heterocycles. The van der Waals surface area contributed by atoms with Gasteiger partial charge in [-0.25, -0.2) is 0 Å². The third-order valence-corrected chi connectivity index (χ3v) is 4.12. The predicted octanol–water partition coefficient (Wildman–Crippen LogP) is 3.17. The first-order valence-electron chi connectivity index (χ1n) is 7.62. The summed E-state index contributed by atoms with van der Waals surface area (Å²) in [5, 5.41) is 7.87. The van der Waals surface area contributed by atoms with Crippen LogP contribution in [0.15, 0.2) is 11.8 Å². The molecule has 1 N–H and O–H groups in total. The molecule has 1 aromatic rings. The molecule has 0 unspecified atom stereocenters. The zero-order valence-corrected chi connectivity index (χ0v) is 12.6. The molecule has 0 aromatic carbocycles. The average molecular weight is 261 g/mol. The molecule has 1 aromatic heterocycles. The third-order valence-electron chi connectivity index (χ3n) is 4.12. The van der Waals surface area contributed by atoms with Crippen LogP contribution in [0.4, 0.5) is 0 Å². The van der Waals surface area contributed by atoms with Crippen molar-refractivity contribution >= 4 is 6.08 Å². The monoisotopic (exact) mass is 261 g/mol. The number of hydrogen-bond acceptors (Lipinski definition) is 2. The first kappa shape index (κ1) is 14.3. The maximum Gasteiger partial charge on any atom is 0.0694 e. The number of nitrogens with one attached hydrogen (secondary N) is 1. The van der Waals surface area contributed by atoms with E-state index in [1.165, 1.54) is 43.4 Å².